The zero-order valence-corrected chi connectivity index (χ0v) is 15.3. The Hall–Kier alpha value is -3.40. The number of benzene rings is 3. The van der Waals surface area contributed by atoms with Crippen LogP contribution in [-0.4, -0.2) is 18.2 Å². The van der Waals surface area contributed by atoms with Crippen LogP contribution in [0, 0.1) is 0 Å². The number of nitrogens with zero attached hydrogens (tertiary/aromatic N) is 2. The molecule has 0 bridgehead atoms. The molecule has 3 aromatic carbocycles. The molecular formula is C23H20N2O2. The van der Waals surface area contributed by atoms with Gasteiger partial charge in [0.2, 0.25) is 0 Å². The van der Waals surface area contributed by atoms with Crippen LogP contribution >= 0.6 is 0 Å². The van der Waals surface area contributed by atoms with Gasteiger partial charge in [-0.25, -0.2) is 0 Å². The summed E-state index contributed by atoms with van der Waals surface area (Å²) in [6, 6.07) is 21.5. The summed E-state index contributed by atoms with van der Waals surface area (Å²) in [7, 11) is 0. The van der Waals surface area contributed by atoms with E-state index in [1.54, 1.807) is 0 Å². The molecule has 1 aliphatic rings. The normalized spacial score (nSPS) is 15.5. The number of hydrogen-bond donors (Lipinski definition) is 0. The van der Waals surface area contributed by atoms with Crippen molar-refractivity contribution in [2.24, 2.45) is 5.10 Å². The van der Waals surface area contributed by atoms with Crippen molar-refractivity contribution in [1.82, 2.24) is 0 Å². The van der Waals surface area contributed by atoms with Crippen LogP contribution in [0.4, 0.5) is 5.69 Å². The molecule has 27 heavy (non-hydrogen) atoms. The Morgan fingerprint density at radius 2 is 1.67 bits per heavy atom. The monoisotopic (exact) mass is 356 g/mol. The lowest BCUT2D eigenvalue weighted by molar-refractivity contribution is -0.114. The lowest BCUT2D eigenvalue weighted by Crippen LogP contribution is -2.21. The molecular weight excluding hydrogens is 336 g/mol. The van der Waals surface area contributed by atoms with Gasteiger partial charge in [-0.15, -0.1) is 0 Å². The molecule has 0 saturated carbocycles. The molecule has 3 aromatic rings. The van der Waals surface area contributed by atoms with Crippen LogP contribution in [0.3, 0.4) is 0 Å². The molecule has 1 aliphatic heterocycles. The highest BCUT2D eigenvalue weighted by Gasteiger charge is 2.28. The van der Waals surface area contributed by atoms with Gasteiger partial charge in [-0.2, -0.15) is 10.1 Å². The molecule has 0 unspecified atom stereocenters. The smallest absolute Gasteiger partial charge is 0.280 e. The van der Waals surface area contributed by atoms with E-state index in [9.17, 15) is 4.79 Å². The SMILES string of the molecule is CCOc1ccc(/C=C2/C(=O)N(c3ccccc3)N=C2C)c2ccccc12. The number of carbonyl (C=O) groups is 1. The van der Waals surface area contributed by atoms with Crippen molar-refractivity contribution in [1.29, 1.82) is 0 Å². The number of amides is 1. The van der Waals surface area contributed by atoms with Crippen LogP contribution < -0.4 is 9.75 Å². The lowest BCUT2D eigenvalue weighted by atomic mass is 10.00. The number of hydrazone groups is 1. The molecule has 0 fully saturated rings. The van der Waals surface area contributed by atoms with E-state index in [1.165, 1.54) is 5.01 Å². The molecule has 0 aromatic heterocycles. The molecule has 1 amide bonds. The topological polar surface area (TPSA) is 41.9 Å². The van der Waals surface area contributed by atoms with Gasteiger partial charge < -0.3 is 4.74 Å². The predicted octanol–water partition coefficient (Wildman–Crippen LogP) is 5.04. The second-order valence-corrected chi connectivity index (χ2v) is 6.33. The minimum Gasteiger partial charge on any atom is -0.493 e. The van der Waals surface area contributed by atoms with Crippen LogP contribution in [0.15, 0.2) is 77.4 Å². The Kier molecular flexibility index (Phi) is 4.47. The van der Waals surface area contributed by atoms with Gasteiger partial charge in [-0.1, -0.05) is 48.5 Å². The summed E-state index contributed by atoms with van der Waals surface area (Å²) < 4.78 is 5.74. The van der Waals surface area contributed by atoms with Crippen molar-refractivity contribution in [3.05, 3.63) is 77.9 Å². The van der Waals surface area contributed by atoms with Gasteiger partial charge in [0, 0.05) is 5.39 Å². The molecule has 4 nitrogen and oxygen atoms in total. The minimum atomic E-state index is -0.114. The Morgan fingerprint density at radius 3 is 2.41 bits per heavy atom. The average Bonchev–Trinajstić information content (AvgIpc) is 2.99. The minimum absolute atomic E-state index is 0.114. The molecule has 134 valence electrons. The van der Waals surface area contributed by atoms with E-state index in [0.29, 0.717) is 17.9 Å². The molecule has 0 spiro atoms. The fourth-order valence-electron chi connectivity index (χ4n) is 3.29. The first-order valence-electron chi connectivity index (χ1n) is 9.00. The summed E-state index contributed by atoms with van der Waals surface area (Å²) in [6.45, 7) is 4.45. The van der Waals surface area contributed by atoms with Crippen LogP contribution in [0.25, 0.3) is 16.8 Å². The van der Waals surface area contributed by atoms with Crippen LogP contribution in [0.5, 0.6) is 5.75 Å². The molecule has 4 heteroatoms. The highest BCUT2D eigenvalue weighted by Crippen LogP contribution is 2.31. The van der Waals surface area contributed by atoms with Crippen LogP contribution in [-0.2, 0) is 4.79 Å². The molecule has 0 N–H and O–H groups in total. The summed E-state index contributed by atoms with van der Waals surface area (Å²) in [5.41, 5.74) is 3.05. The maximum absolute atomic E-state index is 12.9. The maximum Gasteiger partial charge on any atom is 0.280 e. The van der Waals surface area contributed by atoms with Crippen molar-refractivity contribution in [2.45, 2.75) is 13.8 Å². The highest BCUT2D eigenvalue weighted by molar-refractivity contribution is 6.32. The standard InChI is InChI=1S/C23H20N2O2/c1-3-27-22-14-13-17(19-11-7-8-12-20(19)22)15-21-16(2)24-25(23(21)26)18-9-5-4-6-10-18/h4-15H,3H2,1-2H3/b21-15+. The van der Waals surface area contributed by atoms with Crippen molar-refractivity contribution in [3.63, 3.8) is 0 Å². The summed E-state index contributed by atoms with van der Waals surface area (Å²) in [4.78, 5) is 12.9. The number of anilines is 1. The van der Waals surface area contributed by atoms with Crippen molar-refractivity contribution in [2.75, 3.05) is 11.6 Å². The number of rotatable bonds is 4. The van der Waals surface area contributed by atoms with E-state index in [2.05, 4.69) is 5.10 Å². The predicted molar refractivity (Wildman–Crippen MR) is 110 cm³/mol. The Morgan fingerprint density at radius 1 is 0.963 bits per heavy atom. The number of carbonyl (C=O) groups excluding carboxylic acids is 1. The number of para-hydroxylation sites is 1. The number of fused-ring (bicyclic) bond motifs is 1. The first-order valence-corrected chi connectivity index (χ1v) is 9.00. The zero-order chi connectivity index (χ0) is 18.8. The fraction of sp³-hybridized carbons (Fsp3) is 0.130. The second-order valence-electron chi connectivity index (χ2n) is 6.33. The third-order valence-electron chi connectivity index (χ3n) is 4.58. The van der Waals surface area contributed by atoms with Crippen molar-refractivity contribution in [3.8, 4) is 5.75 Å². The third-order valence-corrected chi connectivity index (χ3v) is 4.58. The molecule has 0 atom stereocenters. The third kappa shape index (κ3) is 3.10. The van der Waals surface area contributed by atoms with Gasteiger partial charge in [0.1, 0.15) is 5.75 Å². The van der Waals surface area contributed by atoms with E-state index < -0.39 is 0 Å². The van der Waals surface area contributed by atoms with E-state index >= 15 is 0 Å². The van der Waals surface area contributed by atoms with Gasteiger partial charge in [0.15, 0.2) is 0 Å². The summed E-state index contributed by atoms with van der Waals surface area (Å²) in [5.74, 6) is 0.737. The van der Waals surface area contributed by atoms with E-state index in [4.69, 9.17) is 4.74 Å². The largest absolute Gasteiger partial charge is 0.493 e. The quantitative estimate of drug-likeness (QED) is 0.614. The fourth-order valence-corrected chi connectivity index (χ4v) is 3.29. The summed E-state index contributed by atoms with van der Waals surface area (Å²) in [6.07, 6.45) is 1.92. The summed E-state index contributed by atoms with van der Waals surface area (Å²) in [5, 5.41) is 7.99. The molecule has 1 heterocycles. The Labute approximate surface area is 158 Å². The van der Waals surface area contributed by atoms with Crippen LogP contribution in [0.2, 0.25) is 0 Å². The second kappa shape index (κ2) is 7.08. The molecule has 4 rings (SSSR count). The zero-order valence-electron chi connectivity index (χ0n) is 15.3. The first-order chi connectivity index (χ1) is 13.2. The van der Waals surface area contributed by atoms with Gasteiger partial charge >= 0.3 is 0 Å². The number of hydrogen-bond acceptors (Lipinski definition) is 3. The van der Waals surface area contributed by atoms with Gasteiger partial charge in [-0.3, -0.25) is 4.79 Å². The van der Waals surface area contributed by atoms with E-state index in [0.717, 1.165) is 27.8 Å². The van der Waals surface area contributed by atoms with Gasteiger partial charge in [0.25, 0.3) is 5.91 Å². The Bertz CT molecular complexity index is 1070. The molecule has 0 aliphatic carbocycles. The van der Waals surface area contributed by atoms with Crippen molar-refractivity contribution >= 4 is 34.2 Å². The van der Waals surface area contributed by atoms with Crippen molar-refractivity contribution < 1.29 is 9.53 Å². The van der Waals surface area contributed by atoms with Gasteiger partial charge in [0.05, 0.1) is 23.6 Å². The first kappa shape index (κ1) is 17.0. The van der Waals surface area contributed by atoms with Crippen LogP contribution in [0.1, 0.15) is 19.4 Å². The van der Waals surface area contributed by atoms with Gasteiger partial charge in [-0.05, 0) is 49.1 Å². The maximum atomic E-state index is 12.9. The molecule has 0 radical (unpaired) electrons. The average molecular weight is 356 g/mol. The van der Waals surface area contributed by atoms with E-state index in [-0.39, 0.29) is 5.91 Å². The Balaban J connectivity index is 1.77. The molecule has 0 saturated heterocycles. The number of ether oxygens (including phenoxy) is 1. The van der Waals surface area contributed by atoms with E-state index in [1.807, 2.05) is 86.7 Å². The summed E-state index contributed by atoms with van der Waals surface area (Å²) >= 11 is 0. The lowest BCUT2D eigenvalue weighted by Gasteiger charge is -2.12. The highest BCUT2D eigenvalue weighted by atomic mass is 16.5.